The molecule has 7 nitrogen and oxygen atoms in total. The molecule has 0 saturated carbocycles. The highest BCUT2D eigenvalue weighted by molar-refractivity contribution is 6.31. The molecule has 200 valence electrons. The molecule has 1 fully saturated rings. The van der Waals surface area contributed by atoms with E-state index >= 15 is 4.39 Å². The second-order valence-electron chi connectivity index (χ2n) is 11.0. The van der Waals surface area contributed by atoms with Crippen molar-refractivity contribution in [2.75, 3.05) is 25.0 Å². The molecule has 2 aliphatic heterocycles. The van der Waals surface area contributed by atoms with E-state index in [0.717, 1.165) is 0 Å². The highest BCUT2D eigenvalue weighted by Gasteiger charge is 2.65. The van der Waals surface area contributed by atoms with E-state index in [1.807, 2.05) is 0 Å². The van der Waals surface area contributed by atoms with Gasteiger partial charge < -0.3 is 25.7 Å². The summed E-state index contributed by atoms with van der Waals surface area (Å²) in [4.78, 5) is 29.1. The number of benzene rings is 2. The minimum Gasteiger partial charge on any atom is -0.394 e. The first kappa shape index (κ1) is 27.6. The zero-order valence-corrected chi connectivity index (χ0v) is 22.5. The Morgan fingerprint density at radius 1 is 1.30 bits per heavy atom. The van der Waals surface area contributed by atoms with Crippen molar-refractivity contribution in [3.05, 3.63) is 63.4 Å². The van der Waals surface area contributed by atoms with Crippen LogP contribution in [-0.4, -0.2) is 52.9 Å². The van der Waals surface area contributed by atoms with Gasteiger partial charge in [-0.05, 0) is 47.9 Å². The minimum atomic E-state index is -1.29. The van der Waals surface area contributed by atoms with E-state index in [0.29, 0.717) is 22.7 Å². The lowest BCUT2D eigenvalue weighted by Gasteiger charge is -2.38. The van der Waals surface area contributed by atoms with Crippen LogP contribution in [0.1, 0.15) is 50.8 Å². The summed E-state index contributed by atoms with van der Waals surface area (Å²) in [5, 5.41) is 24.9. The molecular weight excluding hydrogens is 520 g/mol. The van der Waals surface area contributed by atoms with Crippen LogP contribution in [0.15, 0.2) is 36.4 Å². The predicted octanol–water partition coefficient (Wildman–Crippen LogP) is 4.88. The zero-order valence-electron chi connectivity index (χ0n) is 21.0. The van der Waals surface area contributed by atoms with Gasteiger partial charge in [0.15, 0.2) is 0 Å². The first-order valence-corrected chi connectivity index (χ1v) is 13.0. The number of likely N-dealkylation sites (tertiary alicyclic amines) is 1. The fourth-order valence-corrected chi connectivity index (χ4v) is 6.16. The number of anilines is 1. The molecule has 0 radical (unpaired) electrons. The van der Waals surface area contributed by atoms with Gasteiger partial charge in [0.05, 0.1) is 23.8 Å². The lowest BCUT2D eigenvalue weighted by atomic mass is 9.63. The van der Waals surface area contributed by atoms with Crippen LogP contribution in [0.5, 0.6) is 0 Å². The molecule has 4 unspecified atom stereocenters. The molecule has 4 rings (SSSR count). The third kappa shape index (κ3) is 5.04. The van der Waals surface area contributed by atoms with Crippen LogP contribution in [-0.2, 0) is 10.2 Å². The monoisotopic (exact) mass is 551 g/mol. The Hall–Kier alpha value is -2.39. The molecular formula is C27H32Cl2FN3O4. The van der Waals surface area contributed by atoms with Crippen LogP contribution in [0.3, 0.4) is 0 Å². The van der Waals surface area contributed by atoms with E-state index in [4.69, 9.17) is 28.3 Å². The molecule has 4 atom stereocenters. The molecule has 2 aromatic carbocycles. The molecule has 1 spiro atoms. The molecule has 2 heterocycles. The molecule has 4 N–H and O–H groups in total. The average molecular weight is 552 g/mol. The highest BCUT2D eigenvalue weighted by Crippen LogP contribution is 2.60. The maximum Gasteiger partial charge on any atom is 0.317 e. The summed E-state index contributed by atoms with van der Waals surface area (Å²) in [6.07, 6.45) is -0.254. The number of fused-ring (bicyclic) bond motifs is 2. The summed E-state index contributed by atoms with van der Waals surface area (Å²) in [6, 6.07) is 8.24. The maximum atomic E-state index is 15.7. The van der Waals surface area contributed by atoms with Crippen molar-refractivity contribution in [3.63, 3.8) is 0 Å². The largest absolute Gasteiger partial charge is 0.394 e. The van der Waals surface area contributed by atoms with Gasteiger partial charge in [-0.15, -0.1) is 0 Å². The van der Waals surface area contributed by atoms with Gasteiger partial charge in [-0.1, -0.05) is 62.2 Å². The SMILES string of the molecule is CC(C)(C)CC1CN(C(=O)NCCC(O)CO)C(c2cccc(Cl)c2F)C12C(=O)Nc1cc(Cl)ccc12. The quantitative estimate of drug-likeness (QED) is 0.410. The number of hydrogen-bond donors (Lipinski definition) is 4. The Labute approximate surface area is 225 Å². The van der Waals surface area contributed by atoms with Gasteiger partial charge >= 0.3 is 6.03 Å². The van der Waals surface area contributed by atoms with E-state index in [1.54, 1.807) is 30.3 Å². The Bertz CT molecular complexity index is 1200. The first-order valence-electron chi connectivity index (χ1n) is 12.3. The van der Waals surface area contributed by atoms with Crippen LogP contribution >= 0.6 is 23.2 Å². The summed E-state index contributed by atoms with van der Waals surface area (Å²) in [5.74, 6) is -1.37. The van der Waals surface area contributed by atoms with Gasteiger partial charge in [0.25, 0.3) is 0 Å². The average Bonchev–Trinajstić information content (AvgIpc) is 3.29. The molecule has 10 heteroatoms. The number of amides is 3. The number of urea groups is 1. The minimum absolute atomic E-state index is 0.0944. The lowest BCUT2D eigenvalue weighted by Crippen LogP contribution is -2.48. The van der Waals surface area contributed by atoms with E-state index in [1.165, 1.54) is 11.0 Å². The number of carbonyl (C=O) groups is 2. The van der Waals surface area contributed by atoms with E-state index in [9.17, 15) is 14.7 Å². The van der Waals surface area contributed by atoms with E-state index < -0.39 is 36.0 Å². The number of aliphatic hydroxyl groups excluding tert-OH is 2. The molecule has 2 aromatic rings. The third-order valence-corrected chi connectivity index (χ3v) is 7.74. The van der Waals surface area contributed by atoms with Crippen molar-refractivity contribution in [2.45, 2.75) is 51.2 Å². The fraction of sp³-hybridized carbons (Fsp3) is 0.481. The smallest absolute Gasteiger partial charge is 0.317 e. The van der Waals surface area contributed by atoms with Gasteiger partial charge in [-0.25, -0.2) is 9.18 Å². The van der Waals surface area contributed by atoms with E-state index in [2.05, 4.69) is 31.4 Å². The van der Waals surface area contributed by atoms with Gasteiger partial charge in [0, 0.05) is 29.4 Å². The fourth-order valence-electron chi connectivity index (χ4n) is 5.81. The van der Waals surface area contributed by atoms with Crippen LogP contribution in [0.4, 0.5) is 14.9 Å². The summed E-state index contributed by atoms with van der Waals surface area (Å²) in [5.41, 5.74) is -0.153. The molecule has 0 bridgehead atoms. The molecule has 0 aliphatic carbocycles. The van der Waals surface area contributed by atoms with Crippen molar-refractivity contribution in [2.24, 2.45) is 11.3 Å². The number of carbonyl (C=O) groups excluding carboxylic acids is 2. The second kappa shape index (κ2) is 10.4. The van der Waals surface area contributed by atoms with Crippen LogP contribution in [0.25, 0.3) is 0 Å². The molecule has 2 aliphatic rings. The predicted molar refractivity (Wildman–Crippen MR) is 141 cm³/mol. The normalized spacial score (nSPS) is 23.8. The maximum absolute atomic E-state index is 15.7. The van der Waals surface area contributed by atoms with Crippen molar-refractivity contribution >= 4 is 40.8 Å². The van der Waals surface area contributed by atoms with Crippen molar-refractivity contribution in [3.8, 4) is 0 Å². The van der Waals surface area contributed by atoms with Crippen LogP contribution in [0, 0.1) is 17.2 Å². The van der Waals surface area contributed by atoms with Crippen LogP contribution < -0.4 is 10.6 Å². The third-order valence-electron chi connectivity index (χ3n) is 7.22. The topological polar surface area (TPSA) is 102 Å². The summed E-state index contributed by atoms with van der Waals surface area (Å²) in [6.45, 7) is 6.04. The number of rotatable bonds is 6. The Morgan fingerprint density at radius 2 is 2.03 bits per heavy atom. The Balaban J connectivity index is 1.90. The lowest BCUT2D eigenvalue weighted by molar-refractivity contribution is -0.123. The number of hydrogen-bond acceptors (Lipinski definition) is 4. The van der Waals surface area contributed by atoms with Crippen molar-refractivity contribution < 1.29 is 24.2 Å². The van der Waals surface area contributed by atoms with Crippen LogP contribution in [0.2, 0.25) is 10.0 Å². The van der Waals surface area contributed by atoms with Crippen molar-refractivity contribution in [1.82, 2.24) is 10.2 Å². The van der Waals surface area contributed by atoms with Gasteiger partial charge in [0.2, 0.25) is 5.91 Å². The molecule has 37 heavy (non-hydrogen) atoms. The number of aliphatic hydroxyl groups is 2. The molecule has 0 aromatic heterocycles. The van der Waals surface area contributed by atoms with Gasteiger partial charge in [-0.2, -0.15) is 0 Å². The number of halogens is 3. The molecule has 3 amide bonds. The Kier molecular flexibility index (Phi) is 7.77. The Morgan fingerprint density at radius 3 is 2.70 bits per heavy atom. The van der Waals surface area contributed by atoms with E-state index in [-0.39, 0.29) is 47.3 Å². The molecule has 1 saturated heterocycles. The standard InChI is InChI=1S/C27H32Cl2FN3O4/c1-26(2,3)12-15-13-33(25(37)31-10-9-17(35)14-34)23(18-5-4-6-20(29)22(18)30)27(15)19-8-7-16(28)11-21(19)32-24(27)36/h4-8,11,15,17,23,34-35H,9-10,12-14H2,1-3H3,(H,31,37)(H,32,36). The van der Waals surface area contributed by atoms with Gasteiger partial charge in [0.1, 0.15) is 11.2 Å². The summed E-state index contributed by atoms with van der Waals surface area (Å²) < 4.78 is 15.7. The number of nitrogens with one attached hydrogen (secondary N) is 2. The zero-order chi connectivity index (χ0) is 27.1. The summed E-state index contributed by atoms with van der Waals surface area (Å²) >= 11 is 12.4. The van der Waals surface area contributed by atoms with Crippen molar-refractivity contribution in [1.29, 1.82) is 0 Å². The van der Waals surface area contributed by atoms with Gasteiger partial charge in [-0.3, -0.25) is 4.79 Å². The first-order chi connectivity index (χ1) is 17.4. The second-order valence-corrected chi connectivity index (χ2v) is 11.9. The highest BCUT2D eigenvalue weighted by atomic mass is 35.5. The summed E-state index contributed by atoms with van der Waals surface area (Å²) in [7, 11) is 0. The number of nitrogens with zero attached hydrogens (tertiary/aromatic N) is 1.